The molecule has 0 saturated carbocycles. The van der Waals surface area contributed by atoms with Gasteiger partial charge in [0.25, 0.3) is 0 Å². The highest BCUT2D eigenvalue weighted by Gasteiger charge is 2.11. The molecule has 0 fully saturated rings. The third kappa shape index (κ3) is 3.39. The second kappa shape index (κ2) is 6.11. The van der Waals surface area contributed by atoms with E-state index in [1.165, 1.54) is 0 Å². The van der Waals surface area contributed by atoms with Crippen molar-refractivity contribution in [3.63, 3.8) is 0 Å². The SMILES string of the molecule is COc1ccc(NC(CN)C(C)C)cc1Br. The van der Waals surface area contributed by atoms with Gasteiger partial charge in [-0.2, -0.15) is 0 Å². The predicted molar refractivity (Wildman–Crippen MR) is 72.0 cm³/mol. The Morgan fingerprint density at radius 1 is 1.44 bits per heavy atom. The number of rotatable bonds is 5. The molecule has 1 aromatic rings. The Kier molecular flexibility index (Phi) is 5.09. The predicted octanol–water partition coefficient (Wildman–Crippen LogP) is 2.85. The molecule has 0 saturated heterocycles. The fourth-order valence-electron chi connectivity index (χ4n) is 1.47. The maximum Gasteiger partial charge on any atom is 0.133 e. The smallest absolute Gasteiger partial charge is 0.133 e. The second-order valence-corrected chi connectivity index (χ2v) is 4.93. The molecule has 1 rings (SSSR count). The minimum atomic E-state index is 0.292. The molecule has 0 bridgehead atoms. The van der Waals surface area contributed by atoms with E-state index in [0.29, 0.717) is 18.5 Å². The number of nitrogens with two attached hydrogens (primary N) is 1. The number of ether oxygens (including phenoxy) is 1. The van der Waals surface area contributed by atoms with Crippen molar-refractivity contribution >= 4 is 21.6 Å². The first kappa shape index (κ1) is 13.3. The monoisotopic (exact) mass is 286 g/mol. The molecule has 3 nitrogen and oxygen atoms in total. The van der Waals surface area contributed by atoms with Gasteiger partial charge in [0.2, 0.25) is 0 Å². The molecular weight excluding hydrogens is 268 g/mol. The van der Waals surface area contributed by atoms with Crippen LogP contribution < -0.4 is 15.8 Å². The van der Waals surface area contributed by atoms with Gasteiger partial charge in [0.1, 0.15) is 5.75 Å². The molecule has 1 atom stereocenters. The van der Waals surface area contributed by atoms with Crippen molar-refractivity contribution in [1.29, 1.82) is 0 Å². The molecule has 16 heavy (non-hydrogen) atoms. The number of hydrogen-bond acceptors (Lipinski definition) is 3. The maximum atomic E-state index is 5.72. The fourth-order valence-corrected chi connectivity index (χ4v) is 2.01. The topological polar surface area (TPSA) is 47.3 Å². The van der Waals surface area contributed by atoms with Gasteiger partial charge in [-0.05, 0) is 40.0 Å². The minimum absolute atomic E-state index is 0.292. The van der Waals surface area contributed by atoms with E-state index in [2.05, 4.69) is 35.1 Å². The minimum Gasteiger partial charge on any atom is -0.496 e. The summed E-state index contributed by atoms with van der Waals surface area (Å²) >= 11 is 3.46. The van der Waals surface area contributed by atoms with Crippen molar-refractivity contribution in [3.8, 4) is 5.75 Å². The van der Waals surface area contributed by atoms with Crippen molar-refractivity contribution in [2.45, 2.75) is 19.9 Å². The van der Waals surface area contributed by atoms with Crippen molar-refractivity contribution in [1.82, 2.24) is 0 Å². The standard InChI is InChI=1S/C12H19BrN2O/c1-8(2)11(7-14)15-9-4-5-12(16-3)10(13)6-9/h4-6,8,11,15H,7,14H2,1-3H3. The lowest BCUT2D eigenvalue weighted by atomic mass is 10.0. The first-order valence-corrected chi connectivity index (χ1v) is 6.18. The highest BCUT2D eigenvalue weighted by Crippen LogP contribution is 2.28. The Bertz CT molecular complexity index is 342. The molecule has 0 heterocycles. The van der Waals surface area contributed by atoms with Crippen LogP contribution in [-0.4, -0.2) is 19.7 Å². The summed E-state index contributed by atoms with van der Waals surface area (Å²) in [6, 6.07) is 6.22. The van der Waals surface area contributed by atoms with Gasteiger partial charge in [0, 0.05) is 18.3 Å². The number of hydrogen-bond donors (Lipinski definition) is 2. The highest BCUT2D eigenvalue weighted by molar-refractivity contribution is 9.10. The van der Waals surface area contributed by atoms with E-state index in [4.69, 9.17) is 10.5 Å². The average molecular weight is 287 g/mol. The van der Waals surface area contributed by atoms with Crippen LogP contribution in [0.4, 0.5) is 5.69 Å². The van der Waals surface area contributed by atoms with Gasteiger partial charge in [-0.15, -0.1) is 0 Å². The number of methoxy groups -OCH3 is 1. The van der Waals surface area contributed by atoms with E-state index in [1.54, 1.807) is 7.11 Å². The van der Waals surface area contributed by atoms with E-state index in [-0.39, 0.29) is 0 Å². The lowest BCUT2D eigenvalue weighted by molar-refractivity contribution is 0.412. The zero-order valence-electron chi connectivity index (χ0n) is 9.96. The van der Waals surface area contributed by atoms with Crippen LogP contribution in [0.25, 0.3) is 0 Å². The summed E-state index contributed by atoms with van der Waals surface area (Å²) in [7, 11) is 1.66. The molecule has 4 heteroatoms. The highest BCUT2D eigenvalue weighted by atomic mass is 79.9. The molecule has 3 N–H and O–H groups in total. The first-order valence-electron chi connectivity index (χ1n) is 5.38. The molecular formula is C12H19BrN2O. The summed E-state index contributed by atoms with van der Waals surface area (Å²) in [5.74, 6) is 1.34. The summed E-state index contributed by atoms with van der Waals surface area (Å²) in [6.07, 6.45) is 0. The van der Waals surface area contributed by atoms with E-state index in [0.717, 1.165) is 15.9 Å². The second-order valence-electron chi connectivity index (χ2n) is 4.08. The molecule has 0 amide bonds. The van der Waals surface area contributed by atoms with Gasteiger partial charge in [-0.3, -0.25) is 0 Å². The largest absolute Gasteiger partial charge is 0.496 e. The Labute approximate surface area is 105 Å². The van der Waals surface area contributed by atoms with Crippen LogP contribution in [0.1, 0.15) is 13.8 Å². The van der Waals surface area contributed by atoms with Crippen LogP contribution in [0.5, 0.6) is 5.75 Å². The number of benzene rings is 1. The molecule has 0 spiro atoms. The Balaban J connectivity index is 2.78. The number of halogens is 1. The lowest BCUT2D eigenvalue weighted by Gasteiger charge is -2.22. The van der Waals surface area contributed by atoms with E-state index >= 15 is 0 Å². The molecule has 0 aliphatic carbocycles. The molecule has 1 unspecified atom stereocenters. The Hall–Kier alpha value is -0.740. The van der Waals surface area contributed by atoms with E-state index in [9.17, 15) is 0 Å². The van der Waals surface area contributed by atoms with Crippen LogP contribution in [0.15, 0.2) is 22.7 Å². The molecule has 0 radical (unpaired) electrons. The van der Waals surface area contributed by atoms with Crippen LogP contribution in [0.2, 0.25) is 0 Å². The fraction of sp³-hybridized carbons (Fsp3) is 0.500. The first-order chi connectivity index (χ1) is 7.58. The molecule has 0 aliphatic rings. The summed E-state index contributed by atoms with van der Waals surface area (Å²) in [6.45, 7) is 4.94. The molecule has 0 aromatic heterocycles. The summed E-state index contributed by atoms with van der Waals surface area (Å²) in [4.78, 5) is 0. The third-order valence-electron chi connectivity index (χ3n) is 2.56. The summed E-state index contributed by atoms with van der Waals surface area (Å²) in [5, 5.41) is 3.41. The van der Waals surface area contributed by atoms with Gasteiger partial charge in [-0.1, -0.05) is 13.8 Å². The quantitative estimate of drug-likeness (QED) is 0.875. The van der Waals surface area contributed by atoms with Crippen LogP contribution >= 0.6 is 15.9 Å². The summed E-state index contributed by atoms with van der Waals surface area (Å²) < 4.78 is 6.12. The van der Waals surface area contributed by atoms with Gasteiger partial charge in [0.15, 0.2) is 0 Å². The molecule has 1 aromatic carbocycles. The van der Waals surface area contributed by atoms with Gasteiger partial charge in [0.05, 0.1) is 11.6 Å². The van der Waals surface area contributed by atoms with Crippen LogP contribution in [-0.2, 0) is 0 Å². The normalized spacial score (nSPS) is 12.6. The Morgan fingerprint density at radius 3 is 2.56 bits per heavy atom. The maximum absolute atomic E-state index is 5.72. The van der Waals surface area contributed by atoms with Crippen molar-refractivity contribution < 1.29 is 4.74 Å². The van der Waals surface area contributed by atoms with Crippen molar-refractivity contribution in [2.75, 3.05) is 19.0 Å². The average Bonchev–Trinajstić information content (AvgIpc) is 2.25. The Morgan fingerprint density at radius 2 is 2.12 bits per heavy atom. The molecule has 90 valence electrons. The summed E-state index contributed by atoms with van der Waals surface area (Å²) in [5.41, 5.74) is 6.77. The van der Waals surface area contributed by atoms with Gasteiger partial charge < -0.3 is 15.8 Å². The molecule has 0 aliphatic heterocycles. The van der Waals surface area contributed by atoms with Gasteiger partial charge >= 0.3 is 0 Å². The van der Waals surface area contributed by atoms with Gasteiger partial charge in [-0.25, -0.2) is 0 Å². The van der Waals surface area contributed by atoms with E-state index in [1.807, 2.05) is 18.2 Å². The van der Waals surface area contributed by atoms with Crippen molar-refractivity contribution in [3.05, 3.63) is 22.7 Å². The number of anilines is 1. The zero-order chi connectivity index (χ0) is 12.1. The number of nitrogens with one attached hydrogen (secondary N) is 1. The third-order valence-corrected chi connectivity index (χ3v) is 3.18. The van der Waals surface area contributed by atoms with Crippen molar-refractivity contribution in [2.24, 2.45) is 11.7 Å². The lowest BCUT2D eigenvalue weighted by Crippen LogP contribution is -2.33. The van der Waals surface area contributed by atoms with Crippen LogP contribution in [0, 0.1) is 5.92 Å². The zero-order valence-corrected chi connectivity index (χ0v) is 11.5. The van der Waals surface area contributed by atoms with Crippen LogP contribution in [0.3, 0.4) is 0 Å². The van der Waals surface area contributed by atoms with E-state index < -0.39 is 0 Å².